The Balaban J connectivity index is 4.52. The standard InChI is InChI=1S/C9H14F3NO2/c1-7(2)5-8(15)13(3-4-14)6-9(10,11)12/h5,14H,3-4,6H2,1-2H3. The summed E-state index contributed by atoms with van der Waals surface area (Å²) >= 11 is 0. The van der Waals surface area contributed by atoms with E-state index in [0.29, 0.717) is 10.5 Å². The number of rotatable bonds is 4. The van der Waals surface area contributed by atoms with Crippen molar-refractivity contribution in [3.63, 3.8) is 0 Å². The minimum Gasteiger partial charge on any atom is -0.395 e. The molecule has 1 amide bonds. The Kier molecular flexibility index (Phi) is 5.35. The molecule has 0 aromatic rings. The van der Waals surface area contributed by atoms with Crippen LogP contribution in [0.1, 0.15) is 13.8 Å². The summed E-state index contributed by atoms with van der Waals surface area (Å²) in [5, 5.41) is 8.53. The first-order valence-corrected chi connectivity index (χ1v) is 4.37. The van der Waals surface area contributed by atoms with Crippen molar-refractivity contribution in [2.24, 2.45) is 0 Å². The molecule has 0 aliphatic rings. The van der Waals surface area contributed by atoms with E-state index in [1.165, 1.54) is 0 Å². The van der Waals surface area contributed by atoms with Crippen molar-refractivity contribution in [2.45, 2.75) is 20.0 Å². The van der Waals surface area contributed by atoms with Crippen molar-refractivity contribution in [2.75, 3.05) is 19.7 Å². The number of allylic oxidation sites excluding steroid dienone is 1. The van der Waals surface area contributed by atoms with Crippen LogP contribution in [0, 0.1) is 0 Å². The maximum absolute atomic E-state index is 12.0. The molecule has 0 radical (unpaired) electrons. The molecule has 0 unspecified atom stereocenters. The fourth-order valence-electron chi connectivity index (χ4n) is 0.943. The van der Waals surface area contributed by atoms with E-state index in [0.717, 1.165) is 6.08 Å². The van der Waals surface area contributed by atoms with Gasteiger partial charge in [0.2, 0.25) is 5.91 Å². The van der Waals surface area contributed by atoms with Gasteiger partial charge < -0.3 is 10.0 Å². The van der Waals surface area contributed by atoms with Gasteiger partial charge >= 0.3 is 6.18 Å². The van der Waals surface area contributed by atoms with Crippen LogP contribution in [0.4, 0.5) is 13.2 Å². The van der Waals surface area contributed by atoms with E-state index in [2.05, 4.69) is 0 Å². The van der Waals surface area contributed by atoms with Crippen LogP contribution >= 0.6 is 0 Å². The van der Waals surface area contributed by atoms with Crippen molar-refractivity contribution in [3.8, 4) is 0 Å². The van der Waals surface area contributed by atoms with E-state index in [4.69, 9.17) is 5.11 Å². The summed E-state index contributed by atoms with van der Waals surface area (Å²) in [5.74, 6) is -0.735. The molecule has 0 aromatic carbocycles. The predicted octanol–water partition coefficient (Wildman–Crippen LogP) is 1.34. The number of alkyl halides is 3. The minimum absolute atomic E-state index is 0.317. The van der Waals surface area contributed by atoms with Crippen LogP contribution in [0.25, 0.3) is 0 Å². The van der Waals surface area contributed by atoms with Gasteiger partial charge in [-0.2, -0.15) is 13.2 Å². The quantitative estimate of drug-likeness (QED) is 0.733. The maximum atomic E-state index is 12.0. The first-order chi connectivity index (χ1) is 6.76. The van der Waals surface area contributed by atoms with Gasteiger partial charge in [0.1, 0.15) is 6.54 Å². The lowest BCUT2D eigenvalue weighted by molar-refractivity contribution is -0.159. The number of carbonyl (C=O) groups is 1. The fraction of sp³-hybridized carbons (Fsp3) is 0.667. The van der Waals surface area contributed by atoms with Gasteiger partial charge in [0.05, 0.1) is 6.61 Å². The van der Waals surface area contributed by atoms with E-state index in [-0.39, 0.29) is 6.54 Å². The Morgan fingerprint density at radius 3 is 2.27 bits per heavy atom. The van der Waals surface area contributed by atoms with Gasteiger partial charge in [-0.3, -0.25) is 4.79 Å². The number of carbonyl (C=O) groups excluding carboxylic acids is 1. The van der Waals surface area contributed by atoms with Crippen molar-refractivity contribution < 1.29 is 23.1 Å². The lowest BCUT2D eigenvalue weighted by Crippen LogP contribution is -2.39. The van der Waals surface area contributed by atoms with E-state index in [1.807, 2.05) is 0 Å². The number of hydrogen-bond acceptors (Lipinski definition) is 2. The molecule has 0 aliphatic heterocycles. The minimum atomic E-state index is -4.44. The predicted molar refractivity (Wildman–Crippen MR) is 49.2 cm³/mol. The van der Waals surface area contributed by atoms with Crippen molar-refractivity contribution in [1.29, 1.82) is 0 Å². The van der Waals surface area contributed by atoms with Crippen molar-refractivity contribution >= 4 is 5.91 Å². The zero-order valence-corrected chi connectivity index (χ0v) is 8.64. The van der Waals surface area contributed by atoms with Crippen LogP contribution in [0.15, 0.2) is 11.6 Å². The van der Waals surface area contributed by atoms with Crippen LogP contribution in [0.5, 0.6) is 0 Å². The highest BCUT2D eigenvalue weighted by Crippen LogP contribution is 2.16. The van der Waals surface area contributed by atoms with E-state index in [9.17, 15) is 18.0 Å². The topological polar surface area (TPSA) is 40.5 Å². The molecule has 0 saturated carbocycles. The number of nitrogens with zero attached hydrogens (tertiary/aromatic N) is 1. The Labute approximate surface area is 86.2 Å². The van der Waals surface area contributed by atoms with Gasteiger partial charge in [0.15, 0.2) is 0 Å². The van der Waals surface area contributed by atoms with E-state index < -0.39 is 25.2 Å². The average molecular weight is 225 g/mol. The monoisotopic (exact) mass is 225 g/mol. The normalized spacial score (nSPS) is 11.1. The number of aliphatic hydroxyl groups excluding tert-OH is 1. The smallest absolute Gasteiger partial charge is 0.395 e. The van der Waals surface area contributed by atoms with Gasteiger partial charge in [-0.15, -0.1) is 0 Å². The van der Waals surface area contributed by atoms with Crippen LogP contribution in [0.2, 0.25) is 0 Å². The molecule has 1 N–H and O–H groups in total. The summed E-state index contributed by atoms with van der Waals surface area (Å²) in [6.07, 6.45) is -3.33. The molecule has 0 rings (SSSR count). The molecule has 0 heterocycles. The number of amides is 1. The highest BCUT2D eigenvalue weighted by Gasteiger charge is 2.32. The van der Waals surface area contributed by atoms with Gasteiger partial charge in [-0.05, 0) is 13.8 Å². The van der Waals surface area contributed by atoms with Gasteiger partial charge in [-0.25, -0.2) is 0 Å². The molecule has 0 atom stereocenters. The van der Waals surface area contributed by atoms with Crippen molar-refractivity contribution in [1.82, 2.24) is 4.90 Å². The Hall–Kier alpha value is -1.04. The SMILES string of the molecule is CC(C)=CC(=O)N(CCO)CC(F)(F)F. The molecule has 0 fully saturated rings. The fourth-order valence-corrected chi connectivity index (χ4v) is 0.943. The second-order valence-electron chi connectivity index (χ2n) is 3.32. The van der Waals surface area contributed by atoms with Gasteiger partial charge in [0.25, 0.3) is 0 Å². The van der Waals surface area contributed by atoms with Gasteiger partial charge in [-0.1, -0.05) is 5.57 Å². The van der Waals surface area contributed by atoms with Gasteiger partial charge in [0, 0.05) is 12.6 Å². The maximum Gasteiger partial charge on any atom is 0.406 e. The third kappa shape index (κ3) is 6.96. The Morgan fingerprint density at radius 2 is 1.93 bits per heavy atom. The molecule has 0 saturated heterocycles. The van der Waals surface area contributed by atoms with E-state index >= 15 is 0 Å². The summed E-state index contributed by atoms with van der Waals surface area (Å²) in [7, 11) is 0. The molecule has 3 nitrogen and oxygen atoms in total. The largest absolute Gasteiger partial charge is 0.406 e. The molecule has 15 heavy (non-hydrogen) atoms. The number of halogens is 3. The molecule has 0 bridgehead atoms. The lowest BCUT2D eigenvalue weighted by Gasteiger charge is -2.21. The Bertz CT molecular complexity index is 244. The number of hydrogen-bond donors (Lipinski definition) is 1. The molecular weight excluding hydrogens is 211 g/mol. The Morgan fingerprint density at radius 1 is 1.40 bits per heavy atom. The second kappa shape index (κ2) is 5.75. The first-order valence-electron chi connectivity index (χ1n) is 4.37. The molecule has 88 valence electrons. The average Bonchev–Trinajstić information content (AvgIpc) is 1.99. The third-order valence-electron chi connectivity index (χ3n) is 1.46. The lowest BCUT2D eigenvalue weighted by atomic mass is 10.3. The van der Waals surface area contributed by atoms with Crippen LogP contribution in [0.3, 0.4) is 0 Å². The highest BCUT2D eigenvalue weighted by molar-refractivity contribution is 5.88. The van der Waals surface area contributed by atoms with Crippen LogP contribution in [-0.2, 0) is 4.79 Å². The summed E-state index contributed by atoms with van der Waals surface area (Å²) in [6, 6.07) is 0. The molecule has 6 heteroatoms. The second-order valence-corrected chi connectivity index (χ2v) is 3.32. The molecule has 0 spiro atoms. The van der Waals surface area contributed by atoms with E-state index in [1.54, 1.807) is 13.8 Å². The summed E-state index contributed by atoms with van der Waals surface area (Å²) in [6.45, 7) is 1.09. The zero-order chi connectivity index (χ0) is 12.1. The summed E-state index contributed by atoms with van der Waals surface area (Å²) < 4.78 is 36.1. The van der Waals surface area contributed by atoms with Crippen molar-refractivity contribution in [3.05, 3.63) is 11.6 Å². The van der Waals surface area contributed by atoms with Crippen LogP contribution in [-0.4, -0.2) is 41.8 Å². The summed E-state index contributed by atoms with van der Waals surface area (Å²) in [4.78, 5) is 11.8. The first kappa shape index (κ1) is 14.0. The van der Waals surface area contributed by atoms with Crippen LogP contribution < -0.4 is 0 Å². The summed E-state index contributed by atoms with van der Waals surface area (Å²) in [5.41, 5.74) is 0.616. The molecule has 0 aromatic heterocycles. The highest BCUT2D eigenvalue weighted by atomic mass is 19.4. The molecular formula is C9H14F3NO2. The third-order valence-corrected chi connectivity index (χ3v) is 1.46. The molecule has 0 aliphatic carbocycles. The number of aliphatic hydroxyl groups is 1. The zero-order valence-electron chi connectivity index (χ0n) is 8.64.